The average molecular weight is 191 g/mol. The van der Waals surface area contributed by atoms with Crippen molar-refractivity contribution in [1.82, 2.24) is 15.1 Å². The minimum Gasteiger partial charge on any atom is -0.327 e. The van der Waals surface area contributed by atoms with Crippen molar-refractivity contribution in [2.24, 2.45) is 0 Å². The second-order valence-corrected chi connectivity index (χ2v) is 3.67. The zero-order valence-electron chi connectivity index (χ0n) is 8.16. The van der Waals surface area contributed by atoms with Crippen molar-refractivity contribution in [3.05, 3.63) is 30.2 Å². The number of nitrogens with one attached hydrogen (secondary N) is 1. The fourth-order valence-corrected chi connectivity index (χ4v) is 1.26. The normalized spacial score (nSPS) is 15.2. The molecule has 1 saturated carbocycles. The van der Waals surface area contributed by atoms with Gasteiger partial charge in [-0.3, -0.25) is 9.48 Å². The Labute approximate surface area is 82.6 Å². The molecule has 14 heavy (non-hydrogen) atoms. The Morgan fingerprint density at radius 3 is 3.00 bits per heavy atom. The van der Waals surface area contributed by atoms with Gasteiger partial charge in [0.2, 0.25) is 0 Å². The van der Waals surface area contributed by atoms with Gasteiger partial charge in [-0.05, 0) is 19.8 Å². The van der Waals surface area contributed by atoms with E-state index in [-0.39, 0.29) is 5.91 Å². The maximum atomic E-state index is 11.5. The second-order valence-electron chi connectivity index (χ2n) is 3.67. The summed E-state index contributed by atoms with van der Waals surface area (Å²) in [6, 6.07) is 0.515. The number of nitrogens with zero attached hydrogens (tertiary/aromatic N) is 2. The molecule has 1 aliphatic carbocycles. The maximum Gasteiger partial charge on any atom is 0.258 e. The lowest BCUT2D eigenvalue weighted by molar-refractivity contribution is 0.0966. The smallest absolute Gasteiger partial charge is 0.258 e. The monoisotopic (exact) mass is 191 g/mol. The zero-order valence-corrected chi connectivity index (χ0v) is 8.16. The summed E-state index contributed by atoms with van der Waals surface area (Å²) in [5, 5.41) is 6.78. The molecular formula is C10H13N3O. The van der Waals surface area contributed by atoms with Crippen LogP contribution in [0.5, 0.6) is 0 Å². The Hall–Kier alpha value is -1.58. The summed E-state index contributed by atoms with van der Waals surface area (Å²) >= 11 is 0. The fourth-order valence-electron chi connectivity index (χ4n) is 1.26. The minimum atomic E-state index is -0.135. The van der Waals surface area contributed by atoms with Crippen LogP contribution in [-0.4, -0.2) is 15.7 Å². The van der Waals surface area contributed by atoms with Gasteiger partial charge in [-0.2, -0.15) is 5.10 Å². The zero-order chi connectivity index (χ0) is 10.1. The molecule has 0 aromatic carbocycles. The molecule has 0 radical (unpaired) electrons. The first-order valence-corrected chi connectivity index (χ1v) is 4.68. The summed E-state index contributed by atoms with van der Waals surface area (Å²) in [4.78, 5) is 11.5. The Kier molecular flexibility index (Phi) is 2.11. The lowest BCUT2D eigenvalue weighted by atomic mass is 10.3. The van der Waals surface area contributed by atoms with Gasteiger partial charge in [0, 0.05) is 11.9 Å². The molecule has 1 aromatic heterocycles. The van der Waals surface area contributed by atoms with Crippen LogP contribution in [-0.2, 0) is 0 Å². The quantitative estimate of drug-likeness (QED) is 0.786. The van der Waals surface area contributed by atoms with Crippen LogP contribution in [0.15, 0.2) is 24.7 Å². The van der Waals surface area contributed by atoms with E-state index in [4.69, 9.17) is 0 Å². The molecule has 2 rings (SSSR count). The van der Waals surface area contributed by atoms with E-state index in [2.05, 4.69) is 17.0 Å². The van der Waals surface area contributed by atoms with Crippen LogP contribution in [0.2, 0.25) is 0 Å². The molecular weight excluding hydrogens is 178 g/mol. The molecule has 1 aromatic rings. The van der Waals surface area contributed by atoms with Gasteiger partial charge in [0.1, 0.15) is 0 Å². The predicted molar refractivity (Wildman–Crippen MR) is 52.8 cm³/mol. The molecule has 74 valence electrons. The largest absolute Gasteiger partial charge is 0.327 e. The van der Waals surface area contributed by atoms with E-state index in [9.17, 15) is 4.79 Å². The highest BCUT2D eigenvalue weighted by atomic mass is 16.1. The molecule has 0 unspecified atom stereocenters. The van der Waals surface area contributed by atoms with Gasteiger partial charge >= 0.3 is 0 Å². The third kappa shape index (κ3) is 1.84. The van der Waals surface area contributed by atoms with E-state index in [0.717, 1.165) is 0 Å². The van der Waals surface area contributed by atoms with Gasteiger partial charge in [0.05, 0.1) is 17.8 Å². The standard InChI is InChI=1S/C10H13N3O/c1-7(2)12-10(14)8-5-11-13(6-8)9-3-4-9/h5-6,9H,1,3-4H2,2H3,(H,12,14). The number of rotatable bonds is 3. The highest BCUT2D eigenvalue weighted by Gasteiger charge is 2.24. The Balaban J connectivity index is 2.07. The van der Waals surface area contributed by atoms with E-state index in [1.165, 1.54) is 12.8 Å². The SMILES string of the molecule is C=C(C)NC(=O)c1cnn(C2CC2)c1. The van der Waals surface area contributed by atoms with Crippen LogP contribution in [0.4, 0.5) is 0 Å². The second kappa shape index (κ2) is 3.29. The van der Waals surface area contributed by atoms with Gasteiger partial charge in [0.25, 0.3) is 5.91 Å². The molecule has 0 aliphatic heterocycles. The van der Waals surface area contributed by atoms with Crippen molar-refractivity contribution >= 4 is 5.91 Å². The van der Waals surface area contributed by atoms with Crippen molar-refractivity contribution < 1.29 is 4.79 Å². The first kappa shape index (κ1) is 8.99. The lowest BCUT2D eigenvalue weighted by Crippen LogP contribution is -2.20. The van der Waals surface area contributed by atoms with Gasteiger partial charge in [-0.1, -0.05) is 6.58 Å². The van der Waals surface area contributed by atoms with Crippen molar-refractivity contribution in [2.75, 3.05) is 0 Å². The van der Waals surface area contributed by atoms with Crippen LogP contribution in [0.3, 0.4) is 0 Å². The van der Waals surface area contributed by atoms with Crippen LogP contribution in [0.1, 0.15) is 36.2 Å². The van der Waals surface area contributed by atoms with E-state index in [1.54, 1.807) is 19.3 Å². The minimum absolute atomic E-state index is 0.135. The van der Waals surface area contributed by atoms with Crippen LogP contribution in [0.25, 0.3) is 0 Å². The molecule has 1 N–H and O–H groups in total. The summed E-state index contributed by atoms with van der Waals surface area (Å²) in [5.74, 6) is -0.135. The van der Waals surface area contributed by atoms with Crippen molar-refractivity contribution in [3.63, 3.8) is 0 Å². The first-order chi connectivity index (χ1) is 6.66. The lowest BCUT2D eigenvalue weighted by Gasteiger charge is -1.99. The summed E-state index contributed by atoms with van der Waals surface area (Å²) in [6.45, 7) is 5.37. The highest BCUT2D eigenvalue weighted by molar-refractivity contribution is 5.94. The maximum absolute atomic E-state index is 11.5. The number of hydrogen-bond donors (Lipinski definition) is 1. The molecule has 1 aliphatic rings. The highest BCUT2D eigenvalue weighted by Crippen LogP contribution is 2.33. The van der Waals surface area contributed by atoms with Crippen molar-refractivity contribution in [1.29, 1.82) is 0 Å². The number of amides is 1. The molecule has 1 fully saturated rings. The number of carbonyl (C=O) groups excluding carboxylic acids is 1. The van der Waals surface area contributed by atoms with Gasteiger partial charge < -0.3 is 5.32 Å². The molecule has 4 nitrogen and oxygen atoms in total. The molecule has 1 heterocycles. The number of allylic oxidation sites excluding steroid dienone is 1. The van der Waals surface area contributed by atoms with E-state index in [0.29, 0.717) is 17.3 Å². The van der Waals surface area contributed by atoms with Gasteiger partial charge in [-0.15, -0.1) is 0 Å². The molecule has 0 bridgehead atoms. The first-order valence-electron chi connectivity index (χ1n) is 4.68. The van der Waals surface area contributed by atoms with E-state index in [1.807, 2.05) is 4.68 Å². The summed E-state index contributed by atoms with van der Waals surface area (Å²) in [6.07, 6.45) is 5.72. The Morgan fingerprint density at radius 1 is 1.71 bits per heavy atom. The van der Waals surface area contributed by atoms with E-state index >= 15 is 0 Å². The van der Waals surface area contributed by atoms with Crippen LogP contribution in [0, 0.1) is 0 Å². The molecule has 0 saturated heterocycles. The number of carbonyl (C=O) groups is 1. The Bertz CT molecular complexity index is 376. The molecule has 1 amide bonds. The summed E-state index contributed by atoms with van der Waals surface area (Å²) < 4.78 is 1.85. The van der Waals surface area contributed by atoms with Crippen LogP contribution < -0.4 is 5.32 Å². The van der Waals surface area contributed by atoms with Gasteiger partial charge in [0.15, 0.2) is 0 Å². The third-order valence-electron chi connectivity index (χ3n) is 2.11. The number of aromatic nitrogens is 2. The molecule has 0 spiro atoms. The summed E-state index contributed by atoms with van der Waals surface area (Å²) in [7, 11) is 0. The average Bonchev–Trinajstić information content (AvgIpc) is 2.82. The van der Waals surface area contributed by atoms with E-state index < -0.39 is 0 Å². The topological polar surface area (TPSA) is 46.9 Å². The molecule has 4 heteroatoms. The van der Waals surface area contributed by atoms with Crippen molar-refractivity contribution in [3.8, 4) is 0 Å². The third-order valence-corrected chi connectivity index (χ3v) is 2.11. The predicted octanol–water partition coefficient (Wildman–Crippen LogP) is 1.48. The molecule has 0 atom stereocenters. The summed E-state index contributed by atoms with van der Waals surface area (Å²) in [5.41, 5.74) is 1.24. The van der Waals surface area contributed by atoms with Crippen molar-refractivity contribution in [2.45, 2.75) is 25.8 Å². The van der Waals surface area contributed by atoms with Crippen LogP contribution >= 0.6 is 0 Å². The fraction of sp³-hybridized carbons (Fsp3) is 0.400. The number of hydrogen-bond acceptors (Lipinski definition) is 2. The van der Waals surface area contributed by atoms with Gasteiger partial charge in [-0.25, -0.2) is 0 Å². The Morgan fingerprint density at radius 2 is 2.43 bits per heavy atom.